The van der Waals surface area contributed by atoms with E-state index in [4.69, 9.17) is 35.1 Å². The summed E-state index contributed by atoms with van der Waals surface area (Å²) in [5, 5.41) is 12.1. The molecule has 0 bridgehead atoms. The van der Waals surface area contributed by atoms with Crippen LogP contribution in [0.4, 0.5) is 4.39 Å². The molecule has 1 fully saturated rings. The lowest BCUT2D eigenvalue weighted by Crippen LogP contribution is -2.68. The molecule has 1 aliphatic rings. The second-order valence-electron chi connectivity index (χ2n) is 6.68. The summed E-state index contributed by atoms with van der Waals surface area (Å²) in [4.78, 5) is 22.6. The number of methoxy groups -OCH3 is 1. The van der Waals surface area contributed by atoms with Crippen LogP contribution in [0, 0.1) is 11.7 Å². The summed E-state index contributed by atoms with van der Waals surface area (Å²) >= 11 is 5.43. The van der Waals surface area contributed by atoms with Gasteiger partial charge in [-0.05, 0) is 50.6 Å². The van der Waals surface area contributed by atoms with Gasteiger partial charge < -0.3 is 15.2 Å². The molecule has 0 saturated carbocycles. The largest absolute Gasteiger partial charge is 0.468 e. The van der Waals surface area contributed by atoms with Gasteiger partial charge in [-0.1, -0.05) is 16.9 Å². The Morgan fingerprint density at radius 2 is 2.07 bits per heavy atom. The number of hydrogen-bond donors (Lipinski definition) is 2. The number of piperidine rings is 1. The Morgan fingerprint density at radius 3 is 2.54 bits per heavy atom. The number of halogens is 2. The number of hydrogen-bond acceptors (Lipinski definition) is 6. The van der Waals surface area contributed by atoms with Crippen molar-refractivity contribution < 1.29 is 23.8 Å². The zero-order valence-corrected chi connectivity index (χ0v) is 16.6. The number of benzene rings is 1. The molecule has 2 unspecified atom stereocenters. The molecule has 28 heavy (non-hydrogen) atoms. The molecule has 1 aromatic rings. The Bertz CT molecular complexity index is 656. The minimum atomic E-state index is -1.72. The second kappa shape index (κ2) is 10.4. The third-order valence-corrected chi connectivity index (χ3v) is 4.42. The van der Waals surface area contributed by atoms with Crippen molar-refractivity contribution in [2.75, 3.05) is 27.2 Å². The minimum Gasteiger partial charge on any atom is -0.468 e. The number of aldehydes is 1. The molecule has 2 rings (SSSR count). The molecule has 0 aliphatic carbocycles. The first-order valence-corrected chi connectivity index (χ1v) is 8.82. The third kappa shape index (κ3) is 7.24. The molecule has 0 spiro atoms. The van der Waals surface area contributed by atoms with Gasteiger partial charge in [0.25, 0.3) is 0 Å². The van der Waals surface area contributed by atoms with Gasteiger partial charge in [-0.3, -0.25) is 14.5 Å². The fraction of sp³-hybridized carbons (Fsp3) is 0.529. The van der Waals surface area contributed by atoms with Crippen LogP contribution in [0.3, 0.4) is 0 Å². The van der Waals surface area contributed by atoms with Gasteiger partial charge in [0.15, 0.2) is 0 Å². The molecule has 146 valence electrons. The van der Waals surface area contributed by atoms with E-state index in [0.717, 1.165) is 12.1 Å². The van der Waals surface area contributed by atoms with Crippen LogP contribution in [-0.4, -0.2) is 84.0 Å². The zero-order valence-electron chi connectivity index (χ0n) is 15.8. The van der Waals surface area contributed by atoms with Crippen molar-refractivity contribution >= 4 is 47.4 Å². The molecule has 1 saturated heterocycles. The first kappa shape index (κ1) is 24.7. The lowest BCUT2D eigenvalue weighted by atomic mass is 9.52. The number of likely N-dealkylation sites (tertiary alicyclic amines) is 1. The summed E-state index contributed by atoms with van der Waals surface area (Å²) in [7, 11) is 20.8. The van der Waals surface area contributed by atoms with Crippen molar-refractivity contribution in [2.24, 2.45) is 5.92 Å². The maximum atomic E-state index is 12.4. The predicted molar refractivity (Wildman–Crippen MR) is 107 cm³/mol. The molecule has 2 atom stereocenters. The van der Waals surface area contributed by atoms with Gasteiger partial charge in [0.2, 0.25) is 0 Å². The fourth-order valence-electron chi connectivity index (χ4n) is 3.09. The van der Waals surface area contributed by atoms with E-state index in [1.807, 2.05) is 0 Å². The highest BCUT2D eigenvalue weighted by Gasteiger charge is 2.45. The topological polar surface area (TPSA) is 78.9 Å². The number of esters is 1. The highest BCUT2D eigenvalue weighted by atomic mass is 35.5. The highest BCUT2D eigenvalue weighted by Crippen LogP contribution is 2.35. The molecular formula is C17H21B3ClFN2O4. The maximum Gasteiger partial charge on any atom is 0.319 e. The van der Waals surface area contributed by atoms with Gasteiger partial charge in [-0.25, -0.2) is 4.39 Å². The minimum absolute atomic E-state index is 0.0360. The summed E-state index contributed by atoms with van der Waals surface area (Å²) in [6.45, 7) is 0.393. The summed E-state index contributed by atoms with van der Waals surface area (Å²) in [5.41, 5.74) is -1.47. The Kier molecular flexibility index (Phi) is 9.20. The van der Waals surface area contributed by atoms with Crippen LogP contribution >= 0.6 is 11.6 Å². The van der Waals surface area contributed by atoms with Crippen LogP contribution in [0.25, 0.3) is 0 Å². The number of rotatable bonds is 5. The van der Waals surface area contributed by atoms with E-state index in [1.54, 1.807) is 7.05 Å². The van der Waals surface area contributed by atoms with E-state index in [0.29, 0.717) is 19.3 Å². The van der Waals surface area contributed by atoms with Crippen LogP contribution in [0.1, 0.15) is 23.2 Å². The fourth-order valence-corrected chi connectivity index (χ4v) is 3.32. The quantitative estimate of drug-likeness (QED) is 0.415. The number of carbonyl (C=O) groups is 2. The molecule has 1 aliphatic heterocycles. The number of ether oxygens (including phenoxy) is 1. The molecule has 6 nitrogen and oxygen atoms in total. The first-order chi connectivity index (χ1) is 12.9. The number of carbonyl (C=O) groups excluding carboxylic acids is 2. The van der Waals surface area contributed by atoms with Crippen molar-refractivity contribution in [1.82, 2.24) is 10.2 Å². The summed E-state index contributed by atoms with van der Waals surface area (Å²) in [6.07, 6.45) is 1.25. The summed E-state index contributed by atoms with van der Waals surface area (Å²) < 4.78 is 16.9. The van der Waals surface area contributed by atoms with Crippen LogP contribution in [0.15, 0.2) is 18.2 Å². The molecule has 1 heterocycles. The van der Waals surface area contributed by atoms with Crippen molar-refractivity contribution in [3.05, 3.63) is 34.6 Å². The second-order valence-corrected chi connectivity index (χ2v) is 7.12. The molecule has 11 heteroatoms. The number of nitrogens with zero attached hydrogens (tertiary/aromatic N) is 1. The highest BCUT2D eigenvalue weighted by molar-refractivity contribution is 6.40. The van der Waals surface area contributed by atoms with E-state index in [2.05, 4.69) is 10.1 Å². The van der Waals surface area contributed by atoms with Gasteiger partial charge >= 0.3 is 5.97 Å². The monoisotopic (exact) mass is 404 g/mol. The SMILES string of the molecule is O=Cc1cc(F)cc(Cl)c1.[B]C1([B])CC(CNC)CC([B])(O)N1CC(=O)OC. The van der Waals surface area contributed by atoms with Gasteiger partial charge in [-0.2, -0.15) is 0 Å². The standard InChI is InChI=1S/C10H17B3N2O3.C7H4ClFO/c1-14-5-7-3-9(11,12)15(6-8(16)18-2)10(13,17)4-7;8-6-1-5(4-10)2-7(9)3-6/h7,14,17H,3-6H2,1-2H3;1-4H. The van der Waals surface area contributed by atoms with E-state index in [1.165, 1.54) is 18.1 Å². The van der Waals surface area contributed by atoms with Gasteiger partial charge in [-0.15, -0.1) is 0 Å². The molecule has 0 amide bonds. The zero-order chi connectivity index (χ0) is 21.5. The summed E-state index contributed by atoms with van der Waals surface area (Å²) in [5.74, 6) is -1.00. The Balaban J connectivity index is 0.000000330. The average molecular weight is 404 g/mol. The lowest BCUT2D eigenvalue weighted by molar-refractivity contribution is -0.154. The first-order valence-electron chi connectivity index (χ1n) is 8.44. The van der Waals surface area contributed by atoms with E-state index < -0.39 is 22.7 Å². The lowest BCUT2D eigenvalue weighted by Gasteiger charge is -2.55. The summed E-state index contributed by atoms with van der Waals surface area (Å²) in [6, 6.07) is 3.67. The van der Waals surface area contributed by atoms with Crippen LogP contribution in [0.5, 0.6) is 0 Å². The molecule has 1 aromatic carbocycles. The number of aliphatic hydroxyl groups is 1. The molecule has 2 N–H and O–H groups in total. The van der Waals surface area contributed by atoms with Gasteiger partial charge in [0, 0.05) is 10.6 Å². The van der Waals surface area contributed by atoms with Crippen LogP contribution in [0.2, 0.25) is 5.02 Å². The van der Waals surface area contributed by atoms with E-state index in [-0.39, 0.29) is 29.5 Å². The smallest absolute Gasteiger partial charge is 0.319 e. The predicted octanol–water partition coefficient (Wildman–Crippen LogP) is 0.188. The Labute approximate surface area is 173 Å². The van der Waals surface area contributed by atoms with Gasteiger partial charge in [0.1, 0.15) is 19.9 Å². The van der Waals surface area contributed by atoms with Crippen molar-refractivity contribution in [3.63, 3.8) is 0 Å². The Morgan fingerprint density at radius 1 is 1.43 bits per heavy atom. The van der Waals surface area contributed by atoms with Gasteiger partial charge in [0.05, 0.1) is 35.0 Å². The molecule has 0 aromatic heterocycles. The molecule has 6 radical (unpaired) electrons. The normalized spacial score (nSPS) is 24.0. The van der Waals surface area contributed by atoms with Crippen LogP contribution < -0.4 is 5.32 Å². The van der Waals surface area contributed by atoms with E-state index >= 15 is 0 Å². The van der Waals surface area contributed by atoms with Crippen LogP contribution in [-0.2, 0) is 9.53 Å². The average Bonchev–Trinajstić information content (AvgIpc) is 2.57. The number of nitrogens with one attached hydrogen (secondary N) is 1. The Hall–Kier alpha value is -1.35. The van der Waals surface area contributed by atoms with Crippen molar-refractivity contribution in [2.45, 2.75) is 23.8 Å². The third-order valence-electron chi connectivity index (χ3n) is 4.20. The molecular weight excluding hydrogens is 383 g/mol. The maximum absolute atomic E-state index is 12.4. The van der Waals surface area contributed by atoms with Crippen molar-refractivity contribution in [1.29, 1.82) is 0 Å². The van der Waals surface area contributed by atoms with Crippen molar-refractivity contribution in [3.8, 4) is 0 Å². The van der Waals surface area contributed by atoms with E-state index in [9.17, 15) is 19.1 Å².